The molecule has 0 radical (unpaired) electrons. The number of hydrogen-bond acceptors (Lipinski definition) is 5. The van der Waals surface area contributed by atoms with E-state index in [1.165, 1.54) is 12.8 Å². The molecule has 1 N–H and O–H groups in total. The Kier molecular flexibility index (Phi) is 3.91. The van der Waals surface area contributed by atoms with Crippen molar-refractivity contribution in [2.75, 3.05) is 24.5 Å². The minimum Gasteiger partial charge on any atom is -0.342 e. The highest BCUT2D eigenvalue weighted by Crippen LogP contribution is 2.22. The van der Waals surface area contributed by atoms with Crippen molar-refractivity contribution in [3.05, 3.63) is 5.51 Å². The highest BCUT2D eigenvalue weighted by Gasteiger charge is 2.22. The van der Waals surface area contributed by atoms with Crippen LogP contribution in [0, 0.1) is 0 Å². The monoisotopic (exact) mass is 226 g/mol. The Bertz CT molecular complexity index is 269. The van der Waals surface area contributed by atoms with Crippen LogP contribution in [-0.4, -0.2) is 35.9 Å². The van der Waals surface area contributed by atoms with Crippen LogP contribution in [0.1, 0.15) is 26.2 Å². The molecule has 0 aromatic carbocycles. The Balaban J connectivity index is 2.04. The summed E-state index contributed by atoms with van der Waals surface area (Å²) in [5.41, 5.74) is 1.81. The lowest BCUT2D eigenvalue weighted by molar-refractivity contribution is 0.430. The van der Waals surface area contributed by atoms with Gasteiger partial charge in [-0.1, -0.05) is 18.3 Å². The van der Waals surface area contributed by atoms with Crippen molar-refractivity contribution in [1.29, 1.82) is 0 Å². The van der Waals surface area contributed by atoms with Crippen LogP contribution < -0.4 is 10.2 Å². The first-order valence-electron chi connectivity index (χ1n) is 5.65. The van der Waals surface area contributed by atoms with E-state index in [2.05, 4.69) is 27.3 Å². The minimum absolute atomic E-state index is 0.603. The predicted molar refractivity (Wildman–Crippen MR) is 63.4 cm³/mol. The van der Waals surface area contributed by atoms with Gasteiger partial charge in [0.15, 0.2) is 0 Å². The molecule has 0 saturated carbocycles. The molecule has 1 fully saturated rings. The standard InChI is InChI=1S/C10H18N4S/c1-2-6-14(10-13-12-8-15-10)9-4-3-5-11-7-9/h8-9,11H,2-7H2,1H3. The Morgan fingerprint density at radius 1 is 1.67 bits per heavy atom. The number of nitrogens with one attached hydrogen (secondary N) is 1. The molecule has 15 heavy (non-hydrogen) atoms. The van der Waals surface area contributed by atoms with Crippen LogP contribution in [0.25, 0.3) is 0 Å². The zero-order valence-electron chi connectivity index (χ0n) is 9.15. The number of piperidine rings is 1. The number of anilines is 1. The van der Waals surface area contributed by atoms with Gasteiger partial charge in [0, 0.05) is 19.1 Å². The summed E-state index contributed by atoms with van der Waals surface area (Å²) in [7, 11) is 0. The van der Waals surface area contributed by atoms with Crippen LogP contribution in [0.3, 0.4) is 0 Å². The molecule has 2 heterocycles. The Morgan fingerprint density at radius 2 is 2.60 bits per heavy atom. The Hall–Kier alpha value is -0.680. The van der Waals surface area contributed by atoms with Crippen molar-refractivity contribution >= 4 is 16.5 Å². The molecule has 4 nitrogen and oxygen atoms in total. The van der Waals surface area contributed by atoms with Crippen LogP contribution in [-0.2, 0) is 0 Å². The highest BCUT2D eigenvalue weighted by molar-refractivity contribution is 7.13. The van der Waals surface area contributed by atoms with Crippen molar-refractivity contribution in [3.8, 4) is 0 Å². The predicted octanol–water partition coefficient (Wildman–Crippen LogP) is 1.51. The zero-order valence-corrected chi connectivity index (χ0v) is 9.96. The number of rotatable bonds is 4. The average Bonchev–Trinajstić information content (AvgIpc) is 2.80. The maximum absolute atomic E-state index is 4.18. The van der Waals surface area contributed by atoms with Gasteiger partial charge in [0.05, 0.1) is 0 Å². The molecular formula is C10H18N4S. The second kappa shape index (κ2) is 5.42. The summed E-state index contributed by atoms with van der Waals surface area (Å²) in [5, 5.41) is 12.6. The minimum atomic E-state index is 0.603. The van der Waals surface area contributed by atoms with Crippen molar-refractivity contribution in [2.45, 2.75) is 32.2 Å². The smallest absolute Gasteiger partial charge is 0.208 e. The van der Waals surface area contributed by atoms with Gasteiger partial charge in [-0.3, -0.25) is 0 Å². The van der Waals surface area contributed by atoms with Crippen molar-refractivity contribution in [2.24, 2.45) is 0 Å². The fourth-order valence-electron chi connectivity index (χ4n) is 2.07. The molecule has 0 aliphatic carbocycles. The van der Waals surface area contributed by atoms with E-state index in [0.717, 1.165) is 31.2 Å². The molecule has 0 bridgehead atoms. The third-order valence-corrected chi connectivity index (χ3v) is 3.50. The number of nitrogens with zero attached hydrogens (tertiary/aromatic N) is 3. The lowest BCUT2D eigenvalue weighted by Gasteiger charge is -2.34. The first-order chi connectivity index (χ1) is 7.42. The van der Waals surface area contributed by atoms with Gasteiger partial charge in [-0.25, -0.2) is 0 Å². The van der Waals surface area contributed by atoms with Crippen LogP contribution in [0.5, 0.6) is 0 Å². The number of hydrogen-bond donors (Lipinski definition) is 1. The Labute approximate surface area is 94.7 Å². The van der Waals surface area contributed by atoms with Gasteiger partial charge in [-0.15, -0.1) is 10.2 Å². The normalized spacial score (nSPS) is 21.5. The lowest BCUT2D eigenvalue weighted by Crippen LogP contribution is -2.46. The van der Waals surface area contributed by atoms with Crippen molar-refractivity contribution in [3.63, 3.8) is 0 Å². The number of aromatic nitrogens is 2. The molecule has 0 spiro atoms. The molecule has 1 aromatic heterocycles. The summed E-state index contributed by atoms with van der Waals surface area (Å²) < 4.78 is 0. The first-order valence-corrected chi connectivity index (χ1v) is 6.53. The van der Waals surface area contributed by atoms with E-state index in [4.69, 9.17) is 0 Å². The van der Waals surface area contributed by atoms with Crippen molar-refractivity contribution in [1.82, 2.24) is 15.5 Å². The summed E-state index contributed by atoms with van der Waals surface area (Å²) in [4.78, 5) is 2.41. The summed E-state index contributed by atoms with van der Waals surface area (Å²) in [5.74, 6) is 0. The molecule has 2 rings (SSSR count). The van der Waals surface area contributed by atoms with Crippen LogP contribution in [0.4, 0.5) is 5.13 Å². The van der Waals surface area contributed by atoms with Gasteiger partial charge in [0.2, 0.25) is 5.13 Å². The van der Waals surface area contributed by atoms with Crippen LogP contribution in [0.2, 0.25) is 0 Å². The molecular weight excluding hydrogens is 208 g/mol. The molecule has 1 aliphatic rings. The van der Waals surface area contributed by atoms with Crippen LogP contribution in [0.15, 0.2) is 5.51 Å². The molecule has 5 heteroatoms. The summed E-state index contributed by atoms with van der Waals surface area (Å²) in [6.45, 7) is 5.54. The fraction of sp³-hybridized carbons (Fsp3) is 0.800. The van der Waals surface area contributed by atoms with E-state index in [-0.39, 0.29) is 0 Å². The molecule has 84 valence electrons. The molecule has 0 amide bonds. The van der Waals surface area contributed by atoms with E-state index in [1.54, 1.807) is 11.3 Å². The lowest BCUT2D eigenvalue weighted by atomic mass is 10.1. The maximum Gasteiger partial charge on any atom is 0.208 e. The van der Waals surface area contributed by atoms with E-state index < -0.39 is 0 Å². The van der Waals surface area contributed by atoms with E-state index in [1.807, 2.05) is 5.51 Å². The van der Waals surface area contributed by atoms with Gasteiger partial charge >= 0.3 is 0 Å². The quantitative estimate of drug-likeness (QED) is 0.845. The van der Waals surface area contributed by atoms with Crippen molar-refractivity contribution < 1.29 is 0 Å². The van der Waals surface area contributed by atoms with Gasteiger partial charge < -0.3 is 10.2 Å². The average molecular weight is 226 g/mol. The van der Waals surface area contributed by atoms with Gasteiger partial charge in [0.1, 0.15) is 5.51 Å². The zero-order chi connectivity index (χ0) is 10.5. The molecule has 1 saturated heterocycles. The Morgan fingerprint density at radius 3 is 3.20 bits per heavy atom. The SMILES string of the molecule is CCCN(c1nncs1)C1CCCNC1. The van der Waals surface area contributed by atoms with Gasteiger partial charge in [-0.2, -0.15) is 0 Å². The van der Waals surface area contributed by atoms with E-state index >= 15 is 0 Å². The third kappa shape index (κ3) is 2.66. The van der Waals surface area contributed by atoms with E-state index in [0.29, 0.717) is 6.04 Å². The maximum atomic E-state index is 4.18. The highest BCUT2D eigenvalue weighted by atomic mass is 32.1. The molecule has 1 unspecified atom stereocenters. The third-order valence-electron chi connectivity index (χ3n) is 2.77. The second-order valence-corrected chi connectivity index (χ2v) is 4.73. The largest absolute Gasteiger partial charge is 0.342 e. The van der Waals surface area contributed by atoms with Crippen LogP contribution >= 0.6 is 11.3 Å². The fourth-order valence-corrected chi connectivity index (χ4v) is 2.73. The first kappa shape index (κ1) is 10.8. The molecule has 1 aromatic rings. The van der Waals surface area contributed by atoms with Gasteiger partial charge in [-0.05, 0) is 25.8 Å². The summed E-state index contributed by atoms with van der Waals surface area (Å²) >= 11 is 1.64. The summed E-state index contributed by atoms with van der Waals surface area (Å²) in [6, 6.07) is 0.603. The topological polar surface area (TPSA) is 41.1 Å². The summed E-state index contributed by atoms with van der Waals surface area (Å²) in [6.07, 6.45) is 3.70. The van der Waals surface area contributed by atoms with E-state index in [9.17, 15) is 0 Å². The second-order valence-electron chi connectivity index (χ2n) is 3.91. The molecule has 1 atom stereocenters. The van der Waals surface area contributed by atoms with Gasteiger partial charge in [0.25, 0.3) is 0 Å². The molecule has 1 aliphatic heterocycles.